The van der Waals surface area contributed by atoms with Gasteiger partial charge in [-0.2, -0.15) is 0 Å². The van der Waals surface area contributed by atoms with Crippen LogP contribution in [-0.2, 0) is 28.7 Å². The van der Waals surface area contributed by atoms with E-state index in [0.717, 1.165) is 19.3 Å². The van der Waals surface area contributed by atoms with Crippen molar-refractivity contribution >= 4 is 29.8 Å². The number of nitrogens with zero attached hydrogens (tertiary/aromatic N) is 1. The normalized spacial score (nSPS) is 12.3. The Morgan fingerprint density at radius 3 is 2.33 bits per heavy atom. The summed E-state index contributed by atoms with van der Waals surface area (Å²) in [6.45, 7) is 9.13. The van der Waals surface area contributed by atoms with Gasteiger partial charge in [0.25, 0.3) is 0 Å². The van der Waals surface area contributed by atoms with Gasteiger partial charge in [0, 0.05) is 25.1 Å². The number of primary amides is 1. The number of esters is 1. The third kappa shape index (κ3) is 13.1. The predicted octanol–water partition coefficient (Wildman–Crippen LogP) is 3.35. The van der Waals surface area contributed by atoms with Crippen molar-refractivity contribution < 1.29 is 33.4 Å². The number of carbonyl (C=O) groups is 5. The Labute approximate surface area is 249 Å². The molecular formula is C31H46N4O7. The van der Waals surface area contributed by atoms with Gasteiger partial charge in [-0.1, -0.05) is 50.3 Å². The molecule has 4 amide bonds. The number of rotatable bonds is 17. The lowest BCUT2D eigenvalue weighted by molar-refractivity contribution is -0.144. The molecule has 4 N–H and O–H groups in total. The van der Waals surface area contributed by atoms with Crippen molar-refractivity contribution in [2.24, 2.45) is 5.73 Å². The molecule has 232 valence electrons. The summed E-state index contributed by atoms with van der Waals surface area (Å²) in [5, 5.41) is 5.29. The van der Waals surface area contributed by atoms with Gasteiger partial charge < -0.3 is 30.7 Å². The second-order valence-corrected chi connectivity index (χ2v) is 10.8. The zero-order chi connectivity index (χ0) is 31.7. The van der Waals surface area contributed by atoms with E-state index in [4.69, 9.17) is 21.6 Å². The predicted molar refractivity (Wildman–Crippen MR) is 159 cm³/mol. The van der Waals surface area contributed by atoms with Gasteiger partial charge in [-0.15, -0.1) is 6.42 Å². The Morgan fingerprint density at radius 2 is 1.74 bits per heavy atom. The van der Waals surface area contributed by atoms with Gasteiger partial charge in [-0.3, -0.25) is 19.2 Å². The highest BCUT2D eigenvalue weighted by Crippen LogP contribution is 2.27. The zero-order valence-electron chi connectivity index (χ0n) is 25.5. The first-order valence-corrected chi connectivity index (χ1v) is 14.4. The Bertz CT molecular complexity index is 1110. The number of terminal acetylenes is 1. The van der Waals surface area contributed by atoms with Crippen LogP contribution in [0.4, 0.5) is 4.79 Å². The lowest BCUT2D eigenvalue weighted by atomic mass is 9.96. The fourth-order valence-electron chi connectivity index (χ4n) is 4.20. The molecule has 2 unspecified atom stereocenters. The van der Waals surface area contributed by atoms with E-state index >= 15 is 0 Å². The van der Waals surface area contributed by atoms with E-state index < -0.39 is 47.5 Å². The molecule has 0 radical (unpaired) electrons. The highest BCUT2D eigenvalue weighted by atomic mass is 16.6. The SMILES string of the molecule is C#Cc1ccccc1C(C(=O)NCCC(=O)OCC)N(CCCCCC)C(=O)C(CCC(N)=O)NC(=O)OC(C)(C)C. The van der Waals surface area contributed by atoms with Crippen LogP contribution in [0.2, 0.25) is 0 Å². The van der Waals surface area contributed by atoms with E-state index in [2.05, 4.69) is 23.5 Å². The molecule has 0 saturated carbocycles. The van der Waals surface area contributed by atoms with Crippen molar-refractivity contribution in [2.45, 2.75) is 97.2 Å². The van der Waals surface area contributed by atoms with E-state index in [1.54, 1.807) is 52.0 Å². The molecule has 42 heavy (non-hydrogen) atoms. The molecule has 0 aliphatic rings. The Morgan fingerprint density at radius 1 is 1.05 bits per heavy atom. The van der Waals surface area contributed by atoms with Gasteiger partial charge in [0.2, 0.25) is 17.7 Å². The minimum Gasteiger partial charge on any atom is -0.466 e. The van der Waals surface area contributed by atoms with Crippen LogP contribution in [0.1, 0.15) is 96.7 Å². The van der Waals surface area contributed by atoms with Gasteiger partial charge in [0.15, 0.2) is 0 Å². The minimum atomic E-state index is -1.22. The first-order valence-electron chi connectivity index (χ1n) is 14.4. The monoisotopic (exact) mass is 586 g/mol. The molecule has 11 heteroatoms. The maximum absolute atomic E-state index is 14.2. The Hall–Kier alpha value is -4.07. The fraction of sp³-hybridized carbons (Fsp3) is 0.581. The summed E-state index contributed by atoms with van der Waals surface area (Å²) in [5.74, 6) is 0.290. The third-order valence-corrected chi connectivity index (χ3v) is 6.11. The van der Waals surface area contributed by atoms with Crippen LogP contribution in [0, 0.1) is 12.3 Å². The van der Waals surface area contributed by atoms with Crippen LogP contribution in [-0.4, -0.2) is 66.0 Å². The number of nitrogens with one attached hydrogen (secondary N) is 2. The third-order valence-electron chi connectivity index (χ3n) is 6.11. The second kappa shape index (κ2) is 18.4. The Balaban J connectivity index is 3.55. The molecule has 0 heterocycles. The van der Waals surface area contributed by atoms with Crippen molar-refractivity contribution in [3.05, 3.63) is 35.4 Å². The van der Waals surface area contributed by atoms with Crippen molar-refractivity contribution in [2.75, 3.05) is 19.7 Å². The molecule has 0 bridgehead atoms. The average Bonchev–Trinajstić information content (AvgIpc) is 2.91. The number of amides is 4. The van der Waals surface area contributed by atoms with Crippen LogP contribution >= 0.6 is 0 Å². The molecule has 1 rings (SSSR count). The van der Waals surface area contributed by atoms with E-state index in [9.17, 15) is 24.0 Å². The summed E-state index contributed by atoms with van der Waals surface area (Å²) in [7, 11) is 0. The Kier molecular flexibility index (Phi) is 15.7. The van der Waals surface area contributed by atoms with E-state index in [1.807, 2.05) is 0 Å². The zero-order valence-corrected chi connectivity index (χ0v) is 25.5. The topological polar surface area (TPSA) is 157 Å². The van der Waals surface area contributed by atoms with E-state index in [0.29, 0.717) is 17.5 Å². The van der Waals surface area contributed by atoms with E-state index in [-0.39, 0.29) is 39.0 Å². The number of carbonyl (C=O) groups excluding carboxylic acids is 5. The number of alkyl carbamates (subject to hydrolysis) is 1. The average molecular weight is 587 g/mol. The number of nitrogens with two attached hydrogens (primary N) is 1. The number of hydrogen-bond donors (Lipinski definition) is 3. The molecule has 0 fully saturated rings. The maximum Gasteiger partial charge on any atom is 0.408 e. The summed E-state index contributed by atoms with van der Waals surface area (Å²) in [6, 6.07) is 4.35. The fourth-order valence-corrected chi connectivity index (χ4v) is 4.20. The van der Waals surface area contributed by atoms with Crippen molar-refractivity contribution in [1.82, 2.24) is 15.5 Å². The van der Waals surface area contributed by atoms with Crippen LogP contribution in [0.3, 0.4) is 0 Å². The largest absolute Gasteiger partial charge is 0.466 e. The van der Waals surface area contributed by atoms with Gasteiger partial charge in [0.1, 0.15) is 17.7 Å². The first-order chi connectivity index (χ1) is 19.8. The number of benzene rings is 1. The van der Waals surface area contributed by atoms with Crippen LogP contribution < -0.4 is 16.4 Å². The molecule has 1 aromatic rings. The summed E-state index contributed by atoms with van der Waals surface area (Å²) in [4.78, 5) is 65.6. The van der Waals surface area contributed by atoms with Crippen LogP contribution in [0.15, 0.2) is 24.3 Å². The second-order valence-electron chi connectivity index (χ2n) is 10.8. The van der Waals surface area contributed by atoms with Gasteiger partial charge in [0.05, 0.1) is 13.0 Å². The van der Waals surface area contributed by atoms with Crippen molar-refractivity contribution in [1.29, 1.82) is 0 Å². The van der Waals surface area contributed by atoms with Gasteiger partial charge in [-0.05, 0) is 52.2 Å². The lowest BCUT2D eigenvalue weighted by Gasteiger charge is -2.35. The summed E-state index contributed by atoms with van der Waals surface area (Å²) in [5.41, 5.74) is 5.34. The van der Waals surface area contributed by atoms with E-state index in [1.165, 1.54) is 4.90 Å². The van der Waals surface area contributed by atoms with Crippen molar-refractivity contribution in [3.8, 4) is 12.3 Å². The molecule has 0 aliphatic carbocycles. The summed E-state index contributed by atoms with van der Waals surface area (Å²) >= 11 is 0. The number of unbranched alkanes of at least 4 members (excludes halogenated alkanes) is 3. The molecule has 0 aromatic heterocycles. The van der Waals surface area contributed by atoms with Crippen LogP contribution in [0.5, 0.6) is 0 Å². The number of ether oxygens (including phenoxy) is 2. The molecule has 11 nitrogen and oxygen atoms in total. The molecular weight excluding hydrogens is 540 g/mol. The van der Waals surface area contributed by atoms with Crippen molar-refractivity contribution in [3.63, 3.8) is 0 Å². The smallest absolute Gasteiger partial charge is 0.408 e. The molecule has 0 aliphatic heterocycles. The standard InChI is InChI=1S/C31H46N4O7/c1-7-10-11-14-21-35(29(39)24(17-18-25(32)36)34-30(40)42-31(4,5)6)27(23-16-13-12-15-22(23)8-2)28(38)33-20-19-26(37)41-9-3/h2,12-13,15-16,24,27H,7,9-11,14,17-21H2,1,3-6H3,(H2,32,36)(H,33,38)(H,34,40). The highest BCUT2D eigenvalue weighted by Gasteiger charge is 2.37. The highest BCUT2D eigenvalue weighted by molar-refractivity contribution is 5.93. The van der Waals surface area contributed by atoms with Crippen LogP contribution in [0.25, 0.3) is 0 Å². The first kappa shape index (κ1) is 36.0. The molecule has 0 saturated heterocycles. The molecule has 1 aromatic carbocycles. The van der Waals surface area contributed by atoms with Gasteiger partial charge >= 0.3 is 12.1 Å². The number of hydrogen-bond acceptors (Lipinski definition) is 7. The molecule has 0 spiro atoms. The lowest BCUT2D eigenvalue weighted by Crippen LogP contribution is -2.53. The minimum absolute atomic E-state index is 0.0223. The molecule has 2 atom stereocenters. The maximum atomic E-state index is 14.2. The van der Waals surface area contributed by atoms with Gasteiger partial charge in [-0.25, -0.2) is 4.79 Å². The summed E-state index contributed by atoms with van der Waals surface area (Å²) in [6.07, 6.45) is 7.80. The quantitative estimate of drug-likeness (QED) is 0.144. The summed E-state index contributed by atoms with van der Waals surface area (Å²) < 4.78 is 10.3.